The Labute approximate surface area is 128 Å². The standard InChI is InChI=1S/C17H17NO4/c1-11(10-15(19)16-9-4-12(2)22-16)18-14-7-5-13(6-8-14)17(20)21-3/h4-10,18H,1-3H3. The third kappa shape index (κ3) is 3.85. The molecule has 0 aliphatic carbocycles. The second kappa shape index (κ2) is 6.76. The lowest BCUT2D eigenvalue weighted by molar-refractivity contribution is 0.0600. The summed E-state index contributed by atoms with van der Waals surface area (Å²) in [5.41, 5.74) is 1.91. The zero-order chi connectivity index (χ0) is 16.1. The van der Waals surface area contributed by atoms with Crippen LogP contribution < -0.4 is 5.32 Å². The van der Waals surface area contributed by atoms with E-state index in [4.69, 9.17) is 4.42 Å². The molecular formula is C17H17NO4. The maximum Gasteiger partial charge on any atom is 0.337 e. The van der Waals surface area contributed by atoms with Crippen LogP contribution in [0.15, 0.2) is 52.6 Å². The van der Waals surface area contributed by atoms with E-state index in [1.165, 1.54) is 13.2 Å². The summed E-state index contributed by atoms with van der Waals surface area (Å²) >= 11 is 0. The van der Waals surface area contributed by atoms with Gasteiger partial charge in [0, 0.05) is 17.5 Å². The van der Waals surface area contributed by atoms with Crippen LogP contribution in [-0.4, -0.2) is 18.9 Å². The molecule has 0 saturated heterocycles. The van der Waals surface area contributed by atoms with E-state index < -0.39 is 0 Å². The molecule has 114 valence electrons. The summed E-state index contributed by atoms with van der Waals surface area (Å²) in [6.45, 7) is 3.57. The third-order valence-electron chi connectivity index (χ3n) is 2.98. The van der Waals surface area contributed by atoms with Gasteiger partial charge in [-0.2, -0.15) is 0 Å². The molecule has 0 atom stereocenters. The Morgan fingerprint density at radius 2 is 1.82 bits per heavy atom. The zero-order valence-corrected chi connectivity index (χ0v) is 12.7. The number of allylic oxidation sites excluding steroid dienone is 2. The van der Waals surface area contributed by atoms with Crippen molar-refractivity contribution in [3.63, 3.8) is 0 Å². The van der Waals surface area contributed by atoms with E-state index in [-0.39, 0.29) is 11.8 Å². The van der Waals surface area contributed by atoms with E-state index in [1.807, 2.05) is 0 Å². The lowest BCUT2D eigenvalue weighted by Gasteiger charge is -2.07. The predicted octanol–water partition coefficient (Wildman–Crippen LogP) is 3.57. The third-order valence-corrected chi connectivity index (χ3v) is 2.98. The minimum absolute atomic E-state index is 0.204. The second-order valence-corrected chi connectivity index (χ2v) is 4.80. The molecule has 0 radical (unpaired) electrons. The van der Waals surface area contributed by atoms with E-state index in [9.17, 15) is 9.59 Å². The molecule has 0 saturated carbocycles. The van der Waals surface area contributed by atoms with Crippen LogP contribution >= 0.6 is 0 Å². The van der Waals surface area contributed by atoms with Gasteiger partial charge in [0.25, 0.3) is 0 Å². The molecular weight excluding hydrogens is 282 g/mol. The molecule has 0 spiro atoms. The summed E-state index contributed by atoms with van der Waals surface area (Å²) in [6, 6.07) is 10.2. The number of methoxy groups -OCH3 is 1. The van der Waals surface area contributed by atoms with Crippen LogP contribution in [0.3, 0.4) is 0 Å². The number of furan rings is 1. The van der Waals surface area contributed by atoms with Gasteiger partial charge in [-0.05, 0) is 50.2 Å². The maximum atomic E-state index is 12.0. The van der Waals surface area contributed by atoms with E-state index in [0.29, 0.717) is 22.8 Å². The number of anilines is 1. The first kappa shape index (κ1) is 15.6. The Balaban J connectivity index is 2.05. The van der Waals surface area contributed by atoms with Gasteiger partial charge < -0.3 is 14.5 Å². The molecule has 0 fully saturated rings. The van der Waals surface area contributed by atoms with Crippen LogP contribution in [0, 0.1) is 6.92 Å². The van der Waals surface area contributed by atoms with Gasteiger partial charge in [0.05, 0.1) is 12.7 Å². The van der Waals surface area contributed by atoms with Crippen LogP contribution in [0.2, 0.25) is 0 Å². The fourth-order valence-electron chi connectivity index (χ4n) is 1.91. The first-order valence-electron chi connectivity index (χ1n) is 6.74. The minimum Gasteiger partial charge on any atom is -0.465 e. The number of benzene rings is 1. The van der Waals surface area contributed by atoms with E-state index in [1.54, 1.807) is 50.2 Å². The SMILES string of the molecule is COC(=O)c1ccc(NC(C)=CC(=O)c2ccc(C)o2)cc1. The molecule has 0 aliphatic rings. The first-order valence-corrected chi connectivity index (χ1v) is 6.74. The normalized spacial score (nSPS) is 11.1. The highest BCUT2D eigenvalue weighted by Crippen LogP contribution is 2.14. The molecule has 1 heterocycles. The molecule has 1 aromatic heterocycles. The van der Waals surface area contributed by atoms with Crippen molar-refractivity contribution in [2.24, 2.45) is 0 Å². The number of ether oxygens (including phenoxy) is 1. The number of esters is 1. The highest BCUT2D eigenvalue weighted by Gasteiger charge is 2.08. The summed E-state index contributed by atoms with van der Waals surface area (Å²) in [7, 11) is 1.34. The number of carbonyl (C=O) groups is 2. The van der Waals surface area contributed by atoms with Gasteiger partial charge in [0.2, 0.25) is 5.78 Å². The summed E-state index contributed by atoms with van der Waals surface area (Å²) in [4.78, 5) is 23.3. The molecule has 0 amide bonds. The van der Waals surface area contributed by atoms with Gasteiger partial charge in [-0.15, -0.1) is 0 Å². The Hall–Kier alpha value is -2.82. The van der Waals surface area contributed by atoms with Crippen molar-refractivity contribution in [3.8, 4) is 0 Å². The van der Waals surface area contributed by atoms with Crippen molar-refractivity contribution in [3.05, 3.63) is 65.3 Å². The molecule has 2 rings (SSSR count). The summed E-state index contributed by atoms with van der Waals surface area (Å²) in [5, 5.41) is 3.08. The fraction of sp³-hybridized carbons (Fsp3) is 0.176. The number of carbonyl (C=O) groups excluding carboxylic acids is 2. The minimum atomic E-state index is -0.387. The van der Waals surface area contributed by atoms with Crippen molar-refractivity contribution in [2.45, 2.75) is 13.8 Å². The highest BCUT2D eigenvalue weighted by atomic mass is 16.5. The first-order chi connectivity index (χ1) is 10.5. The van der Waals surface area contributed by atoms with E-state index >= 15 is 0 Å². The Morgan fingerprint density at radius 1 is 1.14 bits per heavy atom. The van der Waals surface area contributed by atoms with Crippen LogP contribution in [-0.2, 0) is 4.74 Å². The molecule has 2 aromatic rings. The topological polar surface area (TPSA) is 68.5 Å². The second-order valence-electron chi connectivity index (χ2n) is 4.80. The Bertz CT molecular complexity index is 711. The van der Waals surface area contributed by atoms with Gasteiger partial charge >= 0.3 is 5.97 Å². The summed E-state index contributed by atoms with van der Waals surface area (Å²) in [5.74, 6) is 0.409. The van der Waals surface area contributed by atoms with Crippen molar-refractivity contribution >= 4 is 17.4 Å². The van der Waals surface area contributed by atoms with Gasteiger partial charge in [0.15, 0.2) is 5.76 Å². The molecule has 0 aliphatic heterocycles. The number of ketones is 1. The van der Waals surface area contributed by atoms with Crippen LogP contribution in [0.5, 0.6) is 0 Å². The quantitative estimate of drug-likeness (QED) is 0.519. The van der Waals surface area contributed by atoms with Crippen molar-refractivity contribution in [2.75, 3.05) is 12.4 Å². The van der Waals surface area contributed by atoms with Crippen molar-refractivity contribution in [1.82, 2.24) is 0 Å². The van der Waals surface area contributed by atoms with Gasteiger partial charge in [-0.25, -0.2) is 4.79 Å². The number of hydrogen-bond acceptors (Lipinski definition) is 5. The summed E-state index contributed by atoms with van der Waals surface area (Å²) < 4.78 is 9.91. The number of nitrogens with one attached hydrogen (secondary N) is 1. The van der Waals surface area contributed by atoms with E-state index in [2.05, 4.69) is 10.1 Å². The molecule has 1 N–H and O–H groups in total. The van der Waals surface area contributed by atoms with Crippen molar-refractivity contribution in [1.29, 1.82) is 0 Å². The highest BCUT2D eigenvalue weighted by molar-refractivity contribution is 6.03. The largest absolute Gasteiger partial charge is 0.465 e. The lowest BCUT2D eigenvalue weighted by Crippen LogP contribution is -2.03. The number of aryl methyl sites for hydroxylation is 1. The maximum absolute atomic E-state index is 12.0. The van der Waals surface area contributed by atoms with E-state index in [0.717, 1.165) is 5.69 Å². The number of rotatable bonds is 5. The zero-order valence-electron chi connectivity index (χ0n) is 12.7. The molecule has 1 aromatic carbocycles. The molecule has 5 nitrogen and oxygen atoms in total. The van der Waals surface area contributed by atoms with Crippen LogP contribution in [0.4, 0.5) is 5.69 Å². The number of hydrogen-bond donors (Lipinski definition) is 1. The smallest absolute Gasteiger partial charge is 0.337 e. The molecule has 0 unspecified atom stereocenters. The monoisotopic (exact) mass is 299 g/mol. The summed E-state index contributed by atoms with van der Waals surface area (Å²) in [6.07, 6.45) is 1.46. The average Bonchev–Trinajstić information content (AvgIpc) is 2.94. The van der Waals surface area contributed by atoms with Gasteiger partial charge in [-0.1, -0.05) is 0 Å². The van der Waals surface area contributed by atoms with Gasteiger partial charge in [-0.3, -0.25) is 4.79 Å². The molecule has 5 heteroatoms. The van der Waals surface area contributed by atoms with Crippen molar-refractivity contribution < 1.29 is 18.7 Å². The van der Waals surface area contributed by atoms with Gasteiger partial charge in [0.1, 0.15) is 5.76 Å². The predicted molar refractivity (Wildman–Crippen MR) is 82.9 cm³/mol. The Kier molecular flexibility index (Phi) is 4.78. The Morgan fingerprint density at radius 3 is 2.36 bits per heavy atom. The average molecular weight is 299 g/mol. The van der Waals surface area contributed by atoms with Crippen LogP contribution in [0.1, 0.15) is 33.6 Å². The fourth-order valence-corrected chi connectivity index (χ4v) is 1.91. The molecule has 22 heavy (non-hydrogen) atoms. The lowest BCUT2D eigenvalue weighted by atomic mass is 10.2. The van der Waals surface area contributed by atoms with Crippen LogP contribution in [0.25, 0.3) is 0 Å². The molecule has 0 bridgehead atoms.